The highest BCUT2D eigenvalue weighted by Gasteiger charge is 2.14. The van der Waals surface area contributed by atoms with Crippen LogP contribution in [0.15, 0.2) is 34.5 Å². The van der Waals surface area contributed by atoms with Gasteiger partial charge in [-0.2, -0.15) is 0 Å². The summed E-state index contributed by atoms with van der Waals surface area (Å²) in [4.78, 5) is 19.3. The second-order valence-corrected chi connectivity index (χ2v) is 9.11. The molecular formula is C17H21N3O3S2. The van der Waals surface area contributed by atoms with Crippen molar-refractivity contribution in [2.45, 2.75) is 30.7 Å². The highest BCUT2D eigenvalue weighted by molar-refractivity contribution is 7.90. The van der Waals surface area contributed by atoms with E-state index in [1.807, 2.05) is 5.38 Å². The van der Waals surface area contributed by atoms with Crippen molar-refractivity contribution in [2.24, 2.45) is 0 Å². The Kier molecular flexibility index (Phi) is 5.51. The molecule has 0 unspecified atom stereocenters. The second kappa shape index (κ2) is 7.63. The van der Waals surface area contributed by atoms with Gasteiger partial charge in [0.2, 0.25) is 0 Å². The predicted molar refractivity (Wildman–Crippen MR) is 98.7 cm³/mol. The quantitative estimate of drug-likeness (QED) is 0.864. The molecule has 0 bridgehead atoms. The van der Waals surface area contributed by atoms with Gasteiger partial charge in [0.25, 0.3) is 5.91 Å². The summed E-state index contributed by atoms with van der Waals surface area (Å²) < 4.78 is 22.9. The van der Waals surface area contributed by atoms with Crippen molar-refractivity contribution in [3.05, 3.63) is 40.9 Å². The number of benzene rings is 1. The molecule has 1 N–H and O–H groups in total. The van der Waals surface area contributed by atoms with Crippen molar-refractivity contribution in [3.8, 4) is 0 Å². The number of aromatic nitrogens is 1. The molecule has 0 spiro atoms. The number of carbonyl (C=O) groups excluding carboxylic acids is 1. The molecule has 25 heavy (non-hydrogen) atoms. The molecule has 1 fully saturated rings. The van der Waals surface area contributed by atoms with E-state index in [-0.39, 0.29) is 10.8 Å². The molecule has 1 saturated heterocycles. The van der Waals surface area contributed by atoms with E-state index in [4.69, 9.17) is 0 Å². The Bertz CT molecular complexity index is 838. The van der Waals surface area contributed by atoms with Gasteiger partial charge in [0, 0.05) is 23.7 Å². The van der Waals surface area contributed by atoms with Crippen LogP contribution in [0, 0.1) is 0 Å². The molecule has 1 amide bonds. The zero-order valence-electron chi connectivity index (χ0n) is 14.1. The Balaban J connectivity index is 1.61. The van der Waals surface area contributed by atoms with Gasteiger partial charge < -0.3 is 0 Å². The topological polar surface area (TPSA) is 79.4 Å². The summed E-state index contributed by atoms with van der Waals surface area (Å²) in [7, 11) is -3.26. The van der Waals surface area contributed by atoms with Gasteiger partial charge in [0.05, 0.1) is 10.6 Å². The number of sulfone groups is 1. The molecule has 1 aromatic carbocycles. The number of amides is 1. The summed E-state index contributed by atoms with van der Waals surface area (Å²) in [6.07, 6.45) is 4.91. The summed E-state index contributed by atoms with van der Waals surface area (Å²) >= 11 is 1.40. The van der Waals surface area contributed by atoms with Crippen molar-refractivity contribution < 1.29 is 13.2 Å². The fraction of sp³-hybridized carbons (Fsp3) is 0.412. The van der Waals surface area contributed by atoms with Gasteiger partial charge in [-0.05, 0) is 50.2 Å². The Labute approximate surface area is 151 Å². The number of likely N-dealkylation sites (tertiary alicyclic amines) is 1. The number of nitrogens with one attached hydrogen (secondary N) is 1. The maximum atomic E-state index is 12.3. The molecule has 0 atom stereocenters. The zero-order chi connectivity index (χ0) is 17.9. The highest BCUT2D eigenvalue weighted by Crippen LogP contribution is 2.20. The van der Waals surface area contributed by atoms with Gasteiger partial charge in [-0.1, -0.05) is 6.42 Å². The summed E-state index contributed by atoms with van der Waals surface area (Å²) in [6.45, 7) is 3.02. The molecule has 8 heteroatoms. The molecule has 1 aromatic heterocycles. The van der Waals surface area contributed by atoms with Crippen molar-refractivity contribution >= 4 is 32.2 Å². The van der Waals surface area contributed by atoms with E-state index in [0.29, 0.717) is 10.7 Å². The van der Waals surface area contributed by atoms with Crippen LogP contribution in [-0.4, -0.2) is 43.6 Å². The number of hydrogen-bond acceptors (Lipinski definition) is 6. The smallest absolute Gasteiger partial charge is 0.257 e. The van der Waals surface area contributed by atoms with Crippen LogP contribution >= 0.6 is 11.3 Å². The molecule has 134 valence electrons. The van der Waals surface area contributed by atoms with Crippen molar-refractivity contribution in [2.75, 3.05) is 24.7 Å². The molecule has 2 heterocycles. The van der Waals surface area contributed by atoms with Gasteiger partial charge in [0.1, 0.15) is 0 Å². The van der Waals surface area contributed by atoms with E-state index in [9.17, 15) is 13.2 Å². The Morgan fingerprint density at radius 2 is 1.88 bits per heavy atom. The number of hydrogen-bond donors (Lipinski definition) is 1. The van der Waals surface area contributed by atoms with Crippen LogP contribution in [-0.2, 0) is 16.4 Å². The first-order valence-electron chi connectivity index (χ1n) is 8.20. The van der Waals surface area contributed by atoms with Crippen LogP contribution in [0.2, 0.25) is 0 Å². The lowest BCUT2D eigenvalue weighted by Crippen LogP contribution is -2.29. The third-order valence-electron chi connectivity index (χ3n) is 4.15. The predicted octanol–water partition coefficient (Wildman–Crippen LogP) is 2.78. The van der Waals surface area contributed by atoms with Crippen LogP contribution in [0.5, 0.6) is 0 Å². The van der Waals surface area contributed by atoms with Crippen LogP contribution < -0.4 is 5.32 Å². The average molecular weight is 380 g/mol. The van der Waals surface area contributed by atoms with E-state index in [0.717, 1.165) is 31.6 Å². The number of thiazole rings is 1. The number of nitrogens with zero attached hydrogens (tertiary/aromatic N) is 2. The van der Waals surface area contributed by atoms with E-state index in [1.54, 1.807) is 0 Å². The molecule has 2 aromatic rings. The fourth-order valence-corrected chi connectivity index (χ4v) is 4.13. The Hall–Kier alpha value is -1.77. The van der Waals surface area contributed by atoms with Gasteiger partial charge in [-0.3, -0.25) is 15.0 Å². The van der Waals surface area contributed by atoms with Crippen LogP contribution in [0.3, 0.4) is 0 Å². The molecule has 0 saturated carbocycles. The zero-order valence-corrected chi connectivity index (χ0v) is 15.7. The fourth-order valence-electron chi connectivity index (χ4n) is 2.81. The van der Waals surface area contributed by atoms with E-state index >= 15 is 0 Å². The van der Waals surface area contributed by atoms with Gasteiger partial charge in [0.15, 0.2) is 15.0 Å². The first kappa shape index (κ1) is 18.0. The highest BCUT2D eigenvalue weighted by atomic mass is 32.2. The maximum Gasteiger partial charge on any atom is 0.257 e. The maximum absolute atomic E-state index is 12.3. The van der Waals surface area contributed by atoms with Gasteiger partial charge in [-0.15, -0.1) is 11.3 Å². The summed E-state index contributed by atoms with van der Waals surface area (Å²) in [5.41, 5.74) is 1.37. The van der Waals surface area contributed by atoms with E-state index < -0.39 is 9.84 Å². The van der Waals surface area contributed by atoms with E-state index in [1.165, 1.54) is 54.9 Å². The van der Waals surface area contributed by atoms with Crippen molar-refractivity contribution in [1.82, 2.24) is 9.88 Å². The average Bonchev–Trinajstić information content (AvgIpc) is 3.02. The molecule has 3 rings (SSSR count). The standard InChI is InChI=1S/C17H21N3O3S2/c1-25(22,23)15-7-5-13(6-8-15)16(21)19-17-18-14(12-24-17)11-20-9-3-2-4-10-20/h5-8,12H,2-4,9-11H2,1H3,(H,18,19,21). The summed E-state index contributed by atoms with van der Waals surface area (Å²) in [5, 5.41) is 5.30. The van der Waals surface area contributed by atoms with Crippen LogP contribution in [0.4, 0.5) is 5.13 Å². The lowest BCUT2D eigenvalue weighted by Gasteiger charge is -2.25. The minimum atomic E-state index is -3.26. The number of carbonyl (C=O) groups is 1. The lowest BCUT2D eigenvalue weighted by molar-refractivity contribution is 0.102. The van der Waals surface area contributed by atoms with Crippen molar-refractivity contribution in [1.29, 1.82) is 0 Å². The summed E-state index contributed by atoms with van der Waals surface area (Å²) in [6, 6.07) is 5.89. The Morgan fingerprint density at radius 3 is 2.52 bits per heavy atom. The molecule has 0 radical (unpaired) electrons. The SMILES string of the molecule is CS(=O)(=O)c1ccc(C(=O)Nc2nc(CN3CCCCC3)cs2)cc1. The first-order chi connectivity index (χ1) is 11.9. The minimum Gasteiger partial charge on any atom is -0.298 e. The molecular weight excluding hydrogens is 358 g/mol. The first-order valence-corrected chi connectivity index (χ1v) is 11.0. The number of anilines is 1. The van der Waals surface area contributed by atoms with Crippen LogP contribution in [0.25, 0.3) is 0 Å². The second-order valence-electron chi connectivity index (χ2n) is 6.23. The lowest BCUT2D eigenvalue weighted by atomic mass is 10.1. The van der Waals surface area contributed by atoms with E-state index in [2.05, 4.69) is 15.2 Å². The monoisotopic (exact) mass is 379 g/mol. The van der Waals surface area contributed by atoms with Crippen LogP contribution in [0.1, 0.15) is 35.3 Å². The molecule has 1 aliphatic rings. The molecule has 6 nitrogen and oxygen atoms in total. The largest absolute Gasteiger partial charge is 0.298 e. The Morgan fingerprint density at radius 1 is 1.20 bits per heavy atom. The third-order valence-corrected chi connectivity index (χ3v) is 6.09. The minimum absolute atomic E-state index is 0.196. The van der Waals surface area contributed by atoms with Crippen molar-refractivity contribution in [3.63, 3.8) is 0 Å². The number of piperidine rings is 1. The molecule has 0 aliphatic carbocycles. The molecule has 1 aliphatic heterocycles. The normalized spacial score (nSPS) is 15.9. The summed E-state index contributed by atoms with van der Waals surface area (Å²) in [5.74, 6) is -0.293. The van der Waals surface area contributed by atoms with Gasteiger partial charge in [-0.25, -0.2) is 13.4 Å². The van der Waals surface area contributed by atoms with Gasteiger partial charge >= 0.3 is 0 Å². The number of rotatable bonds is 5. The third kappa shape index (κ3) is 4.87.